The molecule has 32 nitrogen and oxygen atoms in total. The molecule has 588 valence electrons. The van der Waals surface area contributed by atoms with Crippen molar-refractivity contribution in [2.45, 2.75) is 279 Å². The van der Waals surface area contributed by atoms with Crippen molar-refractivity contribution >= 4 is 29.2 Å². The summed E-state index contributed by atoms with van der Waals surface area (Å²) in [6.07, 6.45) is -14.7. The van der Waals surface area contributed by atoms with Crippen LogP contribution in [-0.4, -0.2) is 299 Å². The van der Waals surface area contributed by atoms with Crippen LogP contribution >= 0.6 is 0 Å². The van der Waals surface area contributed by atoms with Gasteiger partial charge < -0.3 is 118 Å². The first-order valence-electron chi connectivity index (χ1n) is 36.3. The highest BCUT2D eigenvalue weighted by Crippen LogP contribution is 2.41. The van der Waals surface area contributed by atoms with Gasteiger partial charge in [0.15, 0.2) is 24.7 Å². The molecule has 12 N–H and O–H groups in total. The number of nitrogens with zero attached hydrogens (tertiary/aromatic N) is 4. The van der Waals surface area contributed by atoms with Gasteiger partial charge in [-0.15, -0.1) is 5.10 Å². The zero-order valence-corrected chi connectivity index (χ0v) is 61.0. The predicted octanol–water partition coefficient (Wildman–Crippen LogP) is -0.383. The van der Waals surface area contributed by atoms with Crippen LogP contribution in [0.15, 0.2) is 53.8 Å². The number of methoxy groups -OCH3 is 3. The van der Waals surface area contributed by atoms with Crippen molar-refractivity contribution in [1.82, 2.24) is 19.9 Å². The molecule has 2 unspecified atom stereocenters. The summed E-state index contributed by atoms with van der Waals surface area (Å²) in [5.74, 6) is -9.10. The molecule has 1 aliphatic carbocycles. The van der Waals surface area contributed by atoms with Crippen LogP contribution in [0.5, 0.6) is 0 Å². The minimum Gasteiger partial charge on any atom is -0.460 e. The van der Waals surface area contributed by atoms with Crippen LogP contribution in [0.1, 0.15) is 137 Å². The molecule has 5 saturated heterocycles. The average Bonchev–Trinajstić information content (AvgIpc) is 1.10. The summed E-state index contributed by atoms with van der Waals surface area (Å²) in [4.78, 5) is 73.6. The zero-order chi connectivity index (χ0) is 76.2. The first-order valence-corrected chi connectivity index (χ1v) is 36.3. The zero-order valence-electron chi connectivity index (χ0n) is 61.0. The van der Waals surface area contributed by atoms with Gasteiger partial charge in [0.2, 0.25) is 5.79 Å². The molecule has 7 heterocycles. The number of hydrogen-bond donors (Lipinski definition) is 12. The number of rotatable bonds is 17. The van der Waals surface area contributed by atoms with E-state index in [9.17, 15) is 85.3 Å². The molecule has 6 aliphatic heterocycles. The molecule has 6 fully saturated rings. The van der Waals surface area contributed by atoms with Gasteiger partial charge in [-0.25, -0.2) is 9.48 Å². The Balaban J connectivity index is 0.936. The van der Waals surface area contributed by atoms with Gasteiger partial charge in [0, 0.05) is 58.5 Å². The lowest BCUT2D eigenvalue weighted by Gasteiger charge is -2.48. The van der Waals surface area contributed by atoms with Gasteiger partial charge in [0.25, 0.3) is 11.7 Å². The summed E-state index contributed by atoms with van der Waals surface area (Å²) in [5.41, 5.74) is 1.41. The van der Waals surface area contributed by atoms with Gasteiger partial charge >= 0.3 is 5.97 Å². The number of esters is 1. The summed E-state index contributed by atoms with van der Waals surface area (Å²) < 4.78 is 66.0. The van der Waals surface area contributed by atoms with E-state index >= 15 is 0 Å². The lowest BCUT2D eigenvalue weighted by atomic mass is 9.77. The number of amides is 1. The Kier molecular flexibility index (Phi) is 31.4. The van der Waals surface area contributed by atoms with E-state index in [-0.39, 0.29) is 67.6 Å². The fourth-order valence-corrected chi connectivity index (χ4v) is 15.3. The smallest absolute Gasteiger partial charge is 0.329 e. The van der Waals surface area contributed by atoms with Crippen LogP contribution in [0.2, 0.25) is 0 Å². The quantitative estimate of drug-likeness (QED) is 0.0537. The molecule has 104 heavy (non-hydrogen) atoms. The van der Waals surface area contributed by atoms with Gasteiger partial charge in [-0.3, -0.25) is 19.2 Å². The van der Waals surface area contributed by atoms with Crippen LogP contribution in [0.4, 0.5) is 0 Å². The summed E-state index contributed by atoms with van der Waals surface area (Å²) in [6, 6.07) is -1.62. The minimum absolute atomic E-state index is 0.00416. The number of piperidine rings is 1. The Morgan fingerprint density at radius 1 is 0.683 bits per heavy atom. The maximum absolute atomic E-state index is 14.8. The molecule has 0 radical (unpaired) electrons. The maximum Gasteiger partial charge on any atom is 0.329 e. The van der Waals surface area contributed by atoms with E-state index in [1.807, 2.05) is 51.2 Å². The number of ketones is 3. The molecule has 30 atom stereocenters. The topological polar surface area (TPSA) is 464 Å². The Morgan fingerprint density at radius 3 is 1.95 bits per heavy atom. The van der Waals surface area contributed by atoms with Crippen LogP contribution < -0.4 is 0 Å². The van der Waals surface area contributed by atoms with E-state index in [1.54, 1.807) is 58.9 Å². The highest BCUT2D eigenvalue weighted by molar-refractivity contribution is 6.39. The number of hydrogen-bond acceptors (Lipinski definition) is 30. The van der Waals surface area contributed by atoms with E-state index in [0.717, 1.165) is 10.5 Å². The highest BCUT2D eigenvalue weighted by Gasteiger charge is 2.56. The van der Waals surface area contributed by atoms with Crippen molar-refractivity contribution in [3.8, 4) is 0 Å². The Morgan fingerprint density at radius 2 is 1.32 bits per heavy atom. The van der Waals surface area contributed by atoms with Crippen molar-refractivity contribution in [2.24, 2.45) is 35.5 Å². The predicted molar refractivity (Wildman–Crippen MR) is 362 cm³/mol. The molecule has 2 bridgehead atoms. The van der Waals surface area contributed by atoms with Crippen LogP contribution in [0.3, 0.4) is 0 Å². The van der Waals surface area contributed by atoms with Crippen LogP contribution in [-0.2, 0) is 82.7 Å². The third-order valence-corrected chi connectivity index (χ3v) is 21.8. The molecule has 1 saturated carbocycles. The average molecular weight is 1480 g/mol. The molecule has 1 aromatic rings. The van der Waals surface area contributed by atoms with Crippen molar-refractivity contribution < 1.29 is 137 Å². The standard InChI is InChI=1S/C72H112N4O28/c1-35-16-12-11-13-17-36(2)48(94-8)28-44-21-19-41(7)72(93,104-44)66(90)67(91)75-23-15-14-18-46(75)68(92)98-49(29-47(80)37(3)25-40(6)55(82)65(96-10)54(81)39(5)24-35)38(4)26-42-20-22-45(50(27-42)95-9)76-30-43(73-74-76)34-97-69-61(88)58(85)63(52(32-78)100-69)103-71-62(89)59(86)64(53(33-79)101-71)102-70-60(87)57(84)56(83)51(31-77)99-70/h11-13,16-17,25,30,35,37-39,41-42,44-46,48-53,55-65,69-71,77-79,82-89,93H,14-15,18-24,26-29,31-34H2,1-10H3/b13-11+,16-12+,36-17+,40-25+/t35-,37-,38-,39-,41-,42+,44+,45+,46+,48?,49+,50-,51-,52-,53-,55-,56-,57+,58-,59-,60-,61-,62-,63-,64-,65?,69-,70-,71-,72-/m1/s1. The second-order valence-corrected chi connectivity index (χ2v) is 29.4. The van der Waals surface area contributed by atoms with Crippen LogP contribution in [0, 0.1) is 35.5 Å². The first kappa shape index (κ1) is 84.8. The monoisotopic (exact) mass is 1480 g/mol. The fourth-order valence-electron chi connectivity index (χ4n) is 15.3. The number of Topliss-reactive ketones (excluding diaryl/α,β-unsaturated/α-hetero) is 3. The molecular formula is C72H112N4O28. The number of carbonyl (C=O) groups is 5. The van der Waals surface area contributed by atoms with Gasteiger partial charge in [-0.05, 0) is 107 Å². The molecule has 1 aromatic heterocycles. The van der Waals surface area contributed by atoms with Crippen molar-refractivity contribution in [2.75, 3.05) is 47.7 Å². The van der Waals surface area contributed by atoms with Gasteiger partial charge in [0.05, 0.1) is 57.0 Å². The van der Waals surface area contributed by atoms with Gasteiger partial charge in [-0.2, -0.15) is 0 Å². The minimum atomic E-state index is -2.52. The number of aliphatic hydroxyl groups is 12. The highest BCUT2D eigenvalue weighted by atomic mass is 16.8. The van der Waals surface area contributed by atoms with Crippen LogP contribution in [0.25, 0.3) is 0 Å². The second-order valence-electron chi connectivity index (χ2n) is 29.4. The molecule has 0 aromatic carbocycles. The van der Waals surface area contributed by atoms with Gasteiger partial charge in [-0.1, -0.05) is 76.3 Å². The molecule has 32 heteroatoms. The SMILES string of the molecule is COC1C[C@@H]2CC[C@@H](C)[C@@](O)(O2)C(=O)C(=O)N2CCCC[C@H]2C(=O)O[C@H]([C@H](C)C[C@@H]2CC[C@H](n3cc(CO[C@@H]4O[C@H](CO)[C@@H](O[C@H]5O[C@H](CO)[C@@H](O[C@H]6O[C@H](CO)[C@@H](O)[C@H](O)[C@H]6O)[C@H](O)[C@H]5O)[C@H](O)[C@H]4O)nn3)[C@H](OC)C2)CC(=O)[C@H](C)/C=C(\C)[C@@H](O)C(OC)C(=O)[C@H](C)C[C@H](C)/C=C/C=C/C=C/1C. The molecule has 7 aliphatic rings. The second kappa shape index (κ2) is 38.5. The first-order chi connectivity index (χ1) is 49.4. The number of allylic oxidation sites excluding steroid dienone is 6. The van der Waals surface area contributed by atoms with E-state index in [0.29, 0.717) is 63.4 Å². The number of ether oxygens (including phenoxy) is 11. The number of cyclic esters (lactones) is 1. The Labute approximate surface area is 605 Å². The summed E-state index contributed by atoms with van der Waals surface area (Å²) in [5, 5.41) is 139. The summed E-state index contributed by atoms with van der Waals surface area (Å²) >= 11 is 0. The number of carbonyl (C=O) groups excluding carboxylic acids is 5. The van der Waals surface area contributed by atoms with Gasteiger partial charge in [0.1, 0.15) is 109 Å². The largest absolute Gasteiger partial charge is 0.460 e. The lowest BCUT2D eigenvalue weighted by molar-refractivity contribution is -0.379. The van der Waals surface area contributed by atoms with Crippen molar-refractivity contribution in [3.05, 3.63) is 59.5 Å². The fraction of sp³-hybridized carbons (Fsp3) is 0.792. The number of fused-ring (bicyclic) bond motifs is 3. The van der Waals surface area contributed by atoms with E-state index in [4.69, 9.17) is 52.1 Å². The van der Waals surface area contributed by atoms with E-state index in [2.05, 4.69) is 10.3 Å². The molecular weight excluding hydrogens is 1370 g/mol. The molecule has 8 rings (SSSR count). The third-order valence-electron chi connectivity index (χ3n) is 21.8. The van der Waals surface area contributed by atoms with E-state index < -0.39 is 202 Å². The third kappa shape index (κ3) is 20.2. The number of aliphatic hydroxyl groups excluding tert-OH is 11. The Bertz CT molecular complexity index is 3090. The van der Waals surface area contributed by atoms with Crippen molar-refractivity contribution in [1.29, 1.82) is 0 Å². The Hall–Kier alpha value is -4.83. The summed E-state index contributed by atoms with van der Waals surface area (Å²) in [6.45, 7) is 9.54. The lowest BCUT2D eigenvalue weighted by Crippen LogP contribution is -2.66. The number of aromatic nitrogens is 3. The molecule has 0 spiro atoms. The van der Waals surface area contributed by atoms with E-state index in [1.165, 1.54) is 7.11 Å². The maximum atomic E-state index is 14.8. The molecule has 1 amide bonds. The van der Waals surface area contributed by atoms with Crippen molar-refractivity contribution in [3.63, 3.8) is 0 Å². The summed E-state index contributed by atoms with van der Waals surface area (Å²) in [7, 11) is 4.45. The normalized spacial score (nSPS) is 43.2.